The molecule has 0 saturated heterocycles. The summed E-state index contributed by atoms with van der Waals surface area (Å²) in [4.78, 5) is 4.30. The van der Waals surface area contributed by atoms with Crippen molar-refractivity contribution in [1.29, 1.82) is 5.26 Å². The fraction of sp³-hybridized carbons (Fsp3) is 0.100. The van der Waals surface area contributed by atoms with Gasteiger partial charge in [0.2, 0.25) is 5.88 Å². The van der Waals surface area contributed by atoms with Gasteiger partial charge in [-0.3, -0.25) is 0 Å². The lowest BCUT2D eigenvalue weighted by atomic mass is 10.2. The topological polar surface area (TPSA) is 55.1 Å². The summed E-state index contributed by atoms with van der Waals surface area (Å²) >= 11 is 0. The molecule has 0 atom stereocenters. The van der Waals surface area contributed by atoms with E-state index in [0.29, 0.717) is 23.8 Å². The minimum Gasteiger partial charge on any atom is -0.489 e. The number of benzene rings is 2. The molecule has 0 bridgehead atoms. The lowest BCUT2D eigenvalue weighted by molar-refractivity contribution is 0.305. The van der Waals surface area contributed by atoms with E-state index in [9.17, 15) is 0 Å². The number of aryl methyl sites for hydroxylation is 1. The van der Waals surface area contributed by atoms with Crippen LogP contribution in [0.2, 0.25) is 0 Å². The molecule has 3 rings (SSSR count). The molecule has 4 heteroatoms. The first-order chi connectivity index (χ1) is 11.7. The van der Waals surface area contributed by atoms with Crippen molar-refractivity contribution in [1.82, 2.24) is 4.98 Å². The Morgan fingerprint density at radius 2 is 1.75 bits per heavy atom. The number of hydrogen-bond acceptors (Lipinski definition) is 4. The third-order valence-electron chi connectivity index (χ3n) is 3.33. The van der Waals surface area contributed by atoms with Crippen LogP contribution in [0.15, 0.2) is 66.7 Å². The highest BCUT2D eigenvalue weighted by atomic mass is 16.5. The summed E-state index contributed by atoms with van der Waals surface area (Å²) in [5.74, 6) is 1.89. The maximum atomic E-state index is 9.03. The molecule has 0 amide bonds. The first-order valence-electron chi connectivity index (χ1n) is 7.56. The van der Waals surface area contributed by atoms with Crippen molar-refractivity contribution in [3.05, 3.63) is 83.6 Å². The van der Waals surface area contributed by atoms with Crippen LogP contribution in [0.3, 0.4) is 0 Å². The van der Waals surface area contributed by atoms with Gasteiger partial charge in [-0.1, -0.05) is 30.3 Å². The minimum atomic E-state index is 0.410. The van der Waals surface area contributed by atoms with Gasteiger partial charge >= 0.3 is 0 Å². The van der Waals surface area contributed by atoms with Gasteiger partial charge in [0.05, 0.1) is 11.6 Å². The Kier molecular flexibility index (Phi) is 4.73. The zero-order chi connectivity index (χ0) is 16.8. The number of aromatic nitrogens is 1. The van der Waals surface area contributed by atoms with E-state index in [1.54, 1.807) is 12.1 Å². The third-order valence-corrected chi connectivity index (χ3v) is 3.33. The maximum absolute atomic E-state index is 9.03. The van der Waals surface area contributed by atoms with E-state index in [2.05, 4.69) is 11.1 Å². The largest absolute Gasteiger partial charge is 0.489 e. The SMILES string of the molecule is Cc1cc(C#N)cc(Oc2cccc(COc3ccccc3)c2)n1. The van der Waals surface area contributed by atoms with Crippen molar-refractivity contribution in [3.8, 4) is 23.4 Å². The highest BCUT2D eigenvalue weighted by molar-refractivity contribution is 5.37. The second-order valence-corrected chi connectivity index (χ2v) is 5.30. The lowest BCUT2D eigenvalue weighted by Gasteiger charge is -2.09. The second-order valence-electron chi connectivity index (χ2n) is 5.30. The molecular weight excluding hydrogens is 300 g/mol. The average Bonchev–Trinajstić information content (AvgIpc) is 2.60. The minimum absolute atomic E-state index is 0.410. The van der Waals surface area contributed by atoms with Crippen molar-refractivity contribution in [2.45, 2.75) is 13.5 Å². The van der Waals surface area contributed by atoms with Crippen molar-refractivity contribution >= 4 is 0 Å². The van der Waals surface area contributed by atoms with Crippen molar-refractivity contribution in [2.24, 2.45) is 0 Å². The van der Waals surface area contributed by atoms with E-state index in [4.69, 9.17) is 14.7 Å². The predicted octanol–water partition coefficient (Wildman–Crippen LogP) is 4.63. The fourth-order valence-corrected chi connectivity index (χ4v) is 2.26. The highest BCUT2D eigenvalue weighted by Crippen LogP contribution is 2.22. The molecular formula is C20H16N2O2. The van der Waals surface area contributed by atoms with Crippen molar-refractivity contribution in [3.63, 3.8) is 0 Å². The molecule has 2 aromatic carbocycles. The summed E-state index contributed by atoms with van der Waals surface area (Å²) in [6, 6.07) is 22.7. The molecule has 1 heterocycles. The standard InChI is InChI=1S/C20H16N2O2/c1-15-10-17(13-21)12-20(22-15)24-19-9-5-6-16(11-19)14-23-18-7-3-2-4-8-18/h2-12H,14H2,1H3. The van der Waals surface area contributed by atoms with Crippen molar-refractivity contribution in [2.75, 3.05) is 0 Å². The smallest absolute Gasteiger partial charge is 0.220 e. The van der Waals surface area contributed by atoms with Crippen LogP contribution in [0.5, 0.6) is 17.4 Å². The number of ether oxygens (including phenoxy) is 2. The monoisotopic (exact) mass is 316 g/mol. The van der Waals surface area contributed by atoms with Gasteiger partial charge in [-0.05, 0) is 42.8 Å². The molecule has 0 aliphatic heterocycles. The van der Waals surface area contributed by atoms with Gasteiger partial charge < -0.3 is 9.47 Å². The molecule has 118 valence electrons. The van der Waals surface area contributed by atoms with E-state index in [1.807, 2.05) is 61.5 Å². The summed E-state index contributed by atoms with van der Waals surface area (Å²) in [5, 5.41) is 9.03. The van der Waals surface area contributed by atoms with Gasteiger partial charge in [0, 0.05) is 11.8 Å². The molecule has 1 aromatic heterocycles. The number of nitriles is 1. The molecule has 0 aliphatic carbocycles. The van der Waals surface area contributed by atoms with Crippen molar-refractivity contribution < 1.29 is 9.47 Å². The number of rotatable bonds is 5. The van der Waals surface area contributed by atoms with Gasteiger partial charge in [0.1, 0.15) is 18.1 Å². The zero-order valence-corrected chi connectivity index (χ0v) is 13.3. The molecule has 0 spiro atoms. The fourth-order valence-electron chi connectivity index (χ4n) is 2.26. The Morgan fingerprint density at radius 3 is 2.54 bits per heavy atom. The molecule has 0 fully saturated rings. The molecule has 0 unspecified atom stereocenters. The van der Waals surface area contributed by atoms with E-state index >= 15 is 0 Å². The number of para-hydroxylation sites is 1. The van der Waals surface area contributed by atoms with Gasteiger partial charge in [0.25, 0.3) is 0 Å². The summed E-state index contributed by atoms with van der Waals surface area (Å²) in [6.07, 6.45) is 0. The zero-order valence-electron chi connectivity index (χ0n) is 13.3. The third kappa shape index (κ3) is 4.11. The predicted molar refractivity (Wildman–Crippen MR) is 91.0 cm³/mol. The van der Waals surface area contributed by atoms with Crippen LogP contribution in [0.1, 0.15) is 16.8 Å². The first-order valence-corrected chi connectivity index (χ1v) is 7.56. The Balaban J connectivity index is 1.71. The Morgan fingerprint density at radius 1 is 0.958 bits per heavy atom. The maximum Gasteiger partial charge on any atom is 0.220 e. The van der Waals surface area contributed by atoms with Crippen LogP contribution >= 0.6 is 0 Å². The molecule has 3 aromatic rings. The summed E-state index contributed by atoms with van der Waals surface area (Å²) in [7, 11) is 0. The first kappa shape index (κ1) is 15.6. The highest BCUT2D eigenvalue weighted by Gasteiger charge is 2.04. The van der Waals surface area contributed by atoms with Crippen LogP contribution in [-0.4, -0.2) is 4.98 Å². The molecule has 0 aliphatic rings. The summed E-state index contributed by atoms with van der Waals surface area (Å²) in [6.45, 7) is 2.28. The van der Waals surface area contributed by atoms with E-state index in [-0.39, 0.29) is 0 Å². The van der Waals surface area contributed by atoms with E-state index in [1.165, 1.54) is 0 Å². The molecule has 0 radical (unpaired) electrons. The lowest BCUT2D eigenvalue weighted by Crippen LogP contribution is -1.96. The Hall–Kier alpha value is -3.32. The van der Waals surface area contributed by atoms with Gasteiger partial charge in [-0.25, -0.2) is 4.98 Å². The quantitative estimate of drug-likeness (QED) is 0.688. The number of pyridine rings is 1. The number of nitrogens with zero attached hydrogens (tertiary/aromatic N) is 2. The van der Waals surface area contributed by atoms with E-state index < -0.39 is 0 Å². The average molecular weight is 316 g/mol. The van der Waals surface area contributed by atoms with Crippen LogP contribution in [-0.2, 0) is 6.61 Å². The normalized spacial score (nSPS) is 10.0. The Labute approximate surface area is 140 Å². The van der Waals surface area contributed by atoms with E-state index in [0.717, 1.165) is 17.0 Å². The van der Waals surface area contributed by atoms with Crippen LogP contribution in [0.25, 0.3) is 0 Å². The van der Waals surface area contributed by atoms with Crippen LogP contribution in [0, 0.1) is 18.3 Å². The number of hydrogen-bond donors (Lipinski definition) is 0. The van der Waals surface area contributed by atoms with Crippen LogP contribution in [0.4, 0.5) is 0 Å². The molecule has 0 saturated carbocycles. The molecule has 24 heavy (non-hydrogen) atoms. The van der Waals surface area contributed by atoms with Gasteiger partial charge in [-0.15, -0.1) is 0 Å². The Bertz CT molecular complexity index is 870. The van der Waals surface area contributed by atoms with Crippen LogP contribution < -0.4 is 9.47 Å². The molecule has 4 nitrogen and oxygen atoms in total. The van der Waals surface area contributed by atoms with Gasteiger partial charge in [0.15, 0.2) is 0 Å². The second kappa shape index (κ2) is 7.30. The summed E-state index contributed by atoms with van der Waals surface area (Å²) in [5.41, 5.74) is 2.26. The van der Waals surface area contributed by atoms with Gasteiger partial charge in [-0.2, -0.15) is 5.26 Å². The summed E-state index contributed by atoms with van der Waals surface area (Å²) < 4.78 is 11.5. The molecule has 0 N–H and O–H groups in total.